The number of benzene rings is 1. The van der Waals surface area contributed by atoms with Crippen molar-refractivity contribution in [3.63, 3.8) is 0 Å². The Hall–Kier alpha value is -1.88. The molecule has 102 valence electrons. The molecule has 0 aliphatic heterocycles. The highest BCUT2D eigenvalue weighted by molar-refractivity contribution is 5.94. The van der Waals surface area contributed by atoms with Gasteiger partial charge in [-0.15, -0.1) is 0 Å². The Labute approximate surface area is 113 Å². The Kier molecular flexibility index (Phi) is 4.16. The maximum atomic E-state index is 12.0. The first-order valence-corrected chi connectivity index (χ1v) is 6.45. The van der Waals surface area contributed by atoms with Crippen LogP contribution in [0, 0.1) is 0 Å². The second-order valence-corrected chi connectivity index (χ2v) is 4.69. The maximum absolute atomic E-state index is 12.0. The fourth-order valence-electron chi connectivity index (χ4n) is 2.06. The predicted molar refractivity (Wildman–Crippen MR) is 77.3 cm³/mol. The highest BCUT2D eigenvalue weighted by Gasteiger charge is 2.11. The van der Waals surface area contributed by atoms with Crippen LogP contribution < -0.4 is 10.2 Å². The van der Waals surface area contributed by atoms with E-state index < -0.39 is 0 Å². The minimum atomic E-state index is 0.130. The smallest absolute Gasteiger partial charge is 0.226 e. The van der Waals surface area contributed by atoms with Gasteiger partial charge < -0.3 is 14.8 Å². The molecule has 0 aliphatic carbocycles. The van der Waals surface area contributed by atoms with Gasteiger partial charge in [0.05, 0.1) is 17.4 Å². The molecule has 19 heavy (non-hydrogen) atoms. The lowest BCUT2D eigenvalue weighted by molar-refractivity contribution is -0.118. The molecule has 0 saturated heterocycles. The molecule has 0 saturated carbocycles. The van der Waals surface area contributed by atoms with Crippen LogP contribution in [0.2, 0.25) is 0 Å². The standard InChI is InChI=1S/C14H20N4O/c1-15-8-4-5-14(19)18(3)11-6-7-13-12(9-11)16-10-17(13)2/h6-7,9-10,15H,4-5,8H2,1-3H3. The molecule has 0 fully saturated rings. The Balaban J connectivity index is 2.12. The molecule has 0 bridgehead atoms. The molecule has 1 aromatic heterocycles. The van der Waals surface area contributed by atoms with Crippen LogP contribution in [0.3, 0.4) is 0 Å². The number of anilines is 1. The van der Waals surface area contributed by atoms with E-state index in [1.165, 1.54) is 0 Å². The van der Waals surface area contributed by atoms with Crippen LogP contribution in [0.1, 0.15) is 12.8 Å². The number of amides is 1. The zero-order valence-corrected chi connectivity index (χ0v) is 11.7. The summed E-state index contributed by atoms with van der Waals surface area (Å²) < 4.78 is 1.97. The van der Waals surface area contributed by atoms with Crippen molar-refractivity contribution >= 4 is 22.6 Å². The first kappa shape index (κ1) is 13.5. The van der Waals surface area contributed by atoms with Gasteiger partial charge in [0.15, 0.2) is 0 Å². The first-order valence-electron chi connectivity index (χ1n) is 6.45. The van der Waals surface area contributed by atoms with Gasteiger partial charge in [0, 0.05) is 26.2 Å². The van der Waals surface area contributed by atoms with Crippen molar-refractivity contribution in [2.24, 2.45) is 7.05 Å². The van der Waals surface area contributed by atoms with Gasteiger partial charge >= 0.3 is 0 Å². The van der Waals surface area contributed by atoms with Gasteiger partial charge in [0.25, 0.3) is 0 Å². The number of nitrogens with one attached hydrogen (secondary N) is 1. The Morgan fingerprint density at radius 1 is 1.47 bits per heavy atom. The zero-order valence-electron chi connectivity index (χ0n) is 11.7. The Morgan fingerprint density at radius 3 is 3.00 bits per heavy atom. The summed E-state index contributed by atoms with van der Waals surface area (Å²) in [6.07, 6.45) is 3.19. The van der Waals surface area contributed by atoms with Crippen molar-refractivity contribution in [2.45, 2.75) is 12.8 Å². The molecule has 5 nitrogen and oxygen atoms in total. The Morgan fingerprint density at radius 2 is 2.26 bits per heavy atom. The molecule has 1 aromatic carbocycles. The second-order valence-electron chi connectivity index (χ2n) is 4.69. The van der Waals surface area contributed by atoms with Gasteiger partial charge in [-0.25, -0.2) is 4.98 Å². The van der Waals surface area contributed by atoms with E-state index in [2.05, 4.69) is 10.3 Å². The first-order chi connectivity index (χ1) is 9.13. The summed E-state index contributed by atoms with van der Waals surface area (Å²) in [4.78, 5) is 18.0. The molecule has 1 amide bonds. The van der Waals surface area contributed by atoms with E-state index in [9.17, 15) is 4.79 Å². The molecular formula is C14H20N4O. The minimum Gasteiger partial charge on any atom is -0.334 e. The molecule has 0 spiro atoms. The summed E-state index contributed by atoms with van der Waals surface area (Å²) in [5, 5.41) is 3.05. The van der Waals surface area contributed by atoms with Crippen LogP contribution >= 0.6 is 0 Å². The largest absolute Gasteiger partial charge is 0.334 e. The third kappa shape index (κ3) is 2.93. The zero-order chi connectivity index (χ0) is 13.8. The molecule has 2 rings (SSSR count). The number of aromatic nitrogens is 2. The van der Waals surface area contributed by atoms with E-state index in [4.69, 9.17) is 0 Å². The highest BCUT2D eigenvalue weighted by atomic mass is 16.2. The summed E-state index contributed by atoms with van der Waals surface area (Å²) in [6.45, 7) is 0.860. The Bertz CT molecular complexity index is 576. The van der Waals surface area contributed by atoms with Gasteiger partial charge in [0.1, 0.15) is 0 Å². The van der Waals surface area contributed by atoms with Crippen LogP contribution in [0.5, 0.6) is 0 Å². The van der Waals surface area contributed by atoms with Crippen molar-refractivity contribution in [3.05, 3.63) is 24.5 Å². The normalized spacial score (nSPS) is 10.9. The number of nitrogens with zero attached hydrogens (tertiary/aromatic N) is 3. The van der Waals surface area contributed by atoms with Crippen molar-refractivity contribution in [2.75, 3.05) is 25.5 Å². The summed E-state index contributed by atoms with van der Waals surface area (Å²) in [5.74, 6) is 0.130. The molecular weight excluding hydrogens is 240 g/mol. The van der Waals surface area contributed by atoms with Gasteiger partial charge in [0.2, 0.25) is 5.91 Å². The lowest BCUT2D eigenvalue weighted by Gasteiger charge is -2.17. The van der Waals surface area contributed by atoms with Crippen molar-refractivity contribution < 1.29 is 4.79 Å². The summed E-state index contributed by atoms with van der Waals surface area (Å²) in [6, 6.07) is 5.90. The maximum Gasteiger partial charge on any atom is 0.226 e. The average molecular weight is 260 g/mol. The number of imidazole rings is 1. The quantitative estimate of drug-likeness (QED) is 0.830. The number of carbonyl (C=O) groups excluding carboxylic acids is 1. The number of aryl methyl sites for hydroxylation is 1. The van der Waals surface area contributed by atoms with E-state index in [0.29, 0.717) is 6.42 Å². The average Bonchev–Trinajstić information content (AvgIpc) is 2.79. The molecule has 5 heteroatoms. The lowest BCUT2D eigenvalue weighted by Crippen LogP contribution is -2.26. The topological polar surface area (TPSA) is 50.2 Å². The molecule has 1 heterocycles. The fraction of sp³-hybridized carbons (Fsp3) is 0.429. The molecule has 1 N–H and O–H groups in total. The third-order valence-electron chi connectivity index (χ3n) is 3.29. The summed E-state index contributed by atoms with van der Waals surface area (Å²) >= 11 is 0. The molecule has 0 aliphatic rings. The third-order valence-corrected chi connectivity index (χ3v) is 3.29. The highest BCUT2D eigenvalue weighted by Crippen LogP contribution is 2.20. The summed E-state index contributed by atoms with van der Waals surface area (Å²) in [5.41, 5.74) is 2.87. The van der Waals surface area contributed by atoms with Crippen LogP contribution in [0.25, 0.3) is 11.0 Å². The number of carbonyl (C=O) groups is 1. The molecule has 0 atom stereocenters. The lowest BCUT2D eigenvalue weighted by atomic mass is 10.2. The van der Waals surface area contributed by atoms with Crippen molar-refractivity contribution in [3.8, 4) is 0 Å². The van der Waals surface area contributed by atoms with Gasteiger partial charge in [-0.05, 0) is 38.2 Å². The number of rotatable bonds is 5. The number of fused-ring (bicyclic) bond motifs is 1. The SMILES string of the molecule is CNCCCC(=O)N(C)c1ccc2c(c1)ncn2C. The van der Waals surface area contributed by atoms with Gasteiger partial charge in [-0.3, -0.25) is 4.79 Å². The number of hydrogen-bond acceptors (Lipinski definition) is 3. The van der Waals surface area contributed by atoms with Crippen LogP contribution in [-0.2, 0) is 11.8 Å². The van der Waals surface area contributed by atoms with Crippen LogP contribution in [0.15, 0.2) is 24.5 Å². The van der Waals surface area contributed by atoms with Gasteiger partial charge in [-0.1, -0.05) is 0 Å². The molecule has 0 unspecified atom stereocenters. The van der Waals surface area contributed by atoms with E-state index in [-0.39, 0.29) is 5.91 Å². The van der Waals surface area contributed by atoms with E-state index in [0.717, 1.165) is 29.7 Å². The fourth-order valence-corrected chi connectivity index (χ4v) is 2.06. The van der Waals surface area contributed by atoms with Crippen LogP contribution in [-0.4, -0.2) is 36.1 Å². The molecule has 2 aromatic rings. The summed E-state index contributed by atoms with van der Waals surface area (Å²) in [7, 11) is 5.66. The monoisotopic (exact) mass is 260 g/mol. The van der Waals surface area contributed by atoms with Crippen LogP contribution in [0.4, 0.5) is 5.69 Å². The van der Waals surface area contributed by atoms with E-state index in [1.807, 2.05) is 43.9 Å². The van der Waals surface area contributed by atoms with Crippen molar-refractivity contribution in [1.82, 2.24) is 14.9 Å². The number of hydrogen-bond donors (Lipinski definition) is 1. The van der Waals surface area contributed by atoms with Crippen molar-refractivity contribution in [1.29, 1.82) is 0 Å². The van der Waals surface area contributed by atoms with Gasteiger partial charge in [-0.2, -0.15) is 0 Å². The second kappa shape index (κ2) is 5.84. The predicted octanol–water partition coefficient (Wildman–Crippen LogP) is 1.54. The van der Waals surface area contributed by atoms with E-state index >= 15 is 0 Å². The van der Waals surface area contributed by atoms with E-state index in [1.54, 1.807) is 11.2 Å². The molecule has 0 radical (unpaired) electrons. The minimum absolute atomic E-state index is 0.130.